The van der Waals surface area contributed by atoms with Crippen LogP contribution in [0.5, 0.6) is 0 Å². The van der Waals surface area contributed by atoms with E-state index in [-0.39, 0.29) is 0 Å². The van der Waals surface area contributed by atoms with E-state index in [4.69, 9.17) is 4.42 Å². The summed E-state index contributed by atoms with van der Waals surface area (Å²) in [5.41, 5.74) is 0. The molecular weight excluding hydrogens is 154 g/mol. The maximum atomic E-state index is 5.37. The van der Waals surface area contributed by atoms with E-state index in [1.807, 2.05) is 6.92 Å². The molecule has 1 aromatic heterocycles. The summed E-state index contributed by atoms with van der Waals surface area (Å²) in [5.74, 6) is 1.43. The lowest BCUT2D eigenvalue weighted by Gasteiger charge is -2.14. The van der Waals surface area contributed by atoms with Gasteiger partial charge in [-0.2, -0.15) is 0 Å². The van der Waals surface area contributed by atoms with Crippen molar-refractivity contribution >= 4 is 0 Å². The van der Waals surface area contributed by atoms with Gasteiger partial charge in [-0.3, -0.25) is 4.90 Å². The number of aromatic nitrogens is 2. The second-order valence-corrected chi connectivity index (χ2v) is 3.30. The van der Waals surface area contributed by atoms with Gasteiger partial charge in [0.2, 0.25) is 11.8 Å². The Morgan fingerprint density at radius 1 is 1.50 bits per heavy atom. The predicted molar refractivity (Wildman–Crippen MR) is 43.6 cm³/mol. The second kappa shape index (κ2) is 2.86. The SMILES string of the molecule is Cc1nnc(C2CCCN2C)o1. The Balaban J connectivity index is 2.19. The highest BCUT2D eigenvalue weighted by Gasteiger charge is 2.26. The molecule has 4 heteroatoms. The summed E-state index contributed by atoms with van der Waals surface area (Å²) in [6, 6.07) is 0.353. The van der Waals surface area contributed by atoms with Gasteiger partial charge in [-0.1, -0.05) is 0 Å². The lowest BCUT2D eigenvalue weighted by atomic mass is 10.2. The van der Waals surface area contributed by atoms with Gasteiger partial charge >= 0.3 is 0 Å². The molecule has 12 heavy (non-hydrogen) atoms. The van der Waals surface area contributed by atoms with Crippen LogP contribution in [0.15, 0.2) is 4.42 Å². The largest absolute Gasteiger partial charge is 0.424 e. The zero-order valence-electron chi connectivity index (χ0n) is 7.45. The lowest BCUT2D eigenvalue weighted by Crippen LogP contribution is -2.17. The molecule has 1 aromatic rings. The van der Waals surface area contributed by atoms with Crippen molar-refractivity contribution in [2.75, 3.05) is 13.6 Å². The monoisotopic (exact) mass is 167 g/mol. The third kappa shape index (κ3) is 1.22. The maximum Gasteiger partial charge on any atom is 0.233 e. The van der Waals surface area contributed by atoms with E-state index in [2.05, 4.69) is 22.1 Å². The molecule has 1 unspecified atom stereocenters. The van der Waals surface area contributed by atoms with E-state index < -0.39 is 0 Å². The highest BCUT2D eigenvalue weighted by molar-refractivity contribution is 4.92. The van der Waals surface area contributed by atoms with E-state index in [9.17, 15) is 0 Å². The van der Waals surface area contributed by atoms with Gasteiger partial charge in [-0.15, -0.1) is 10.2 Å². The van der Waals surface area contributed by atoms with Crippen LogP contribution in [0.25, 0.3) is 0 Å². The Bertz CT molecular complexity index is 271. The molecule has 1 saturated heterocycles. The first-order chi connectivity index (χ1) is 5.77. The minimum absolute atomic E-state index is 0.353. The summed E-state index contributed by atoms with van der Waals surface area (Å²) in [6.45, 7) is 2.96. The number of rotatable bonds is 1. The molecule has 0 radical (unpaired) electrons. The normalized spacial score (nSPS) is 25.0. The fourth-order valence-electron chi connectivity index (χ4n) is 1.67. The van der Waals surface area contributed by atoms with Gasteiger partial charge in [0.1, 0.15) is 0 Å². The highest BCUT2D eigenvalue weighted by atomic mass is 16.4. The van der Waals surface area contributed by atoms with Crippen LogP contribution >= 0.6 is 0 Å². The average molecular weight is 167 g/mol. The highest BCUT2D eigenvalue weighted by Crippen LogP contribution is 2.28. The van der Waals surface area contributed by atoms with E-state index >= 15 is 0 Å². The number of aryl methyl sites for hydroxylation is 1. The summed E-state index contributed by atoms with van der Waals surface area (Å²) >= 11 is 0. The van der Waals surface area contributed by atoms with E-state index in [1.54, 1.807) is 0 Å². The third-order valence-corrected chi connectivity index (χ3v) is 2.35. The van der Waals surface area contributed by atoms with Crippen LogP contribution in [0.2, 0.25) is 0 Å². The van der Waals surface area contributed by atoms with Crippen LogP contribution in [0.3, 0.4) is 0 Å². The number of hydrogen-bond acceptors (Lipinski definition) is 4. The molecule has 1 aliphatic rings. The fourth-order valence-corrected chi connectivity index (χ4v) is 1.67. The Morgan fingerprint density at radius 2 is 2.33 bits per heavy atom. The van der Waals surface area contributed by atoms with Crippen molar-refractivity contribution in [3.05, 3.63) is 11.8 Å². The van der Waals surface area contributed by atoms with Crippen molar-refractivity contribution in [2.24, 2.45) is 0 Å². The quantitative estimate of drug-likeness (QED) is 0.629. The first kappa shape index (κ1) is 7.73. The Morgan fingerprint density at radius 3 is 2.83 bits per heavy atom. The molecular formula is C8H13N3O. The van der Waals surface area contributed by atoms with E-state index in [0.717, 1.165) is 18.9 Å². The second-order valence-electron chi connectivity index (χ2n) is 3.30. The summed E-state index contributed by atoms with van der Waals surface area (Å²) in [4.78, 5) is 2.26. The van der Waals surface area contributed by atoms with Crippen molar-refractivity contribution in [3.63, 3.8) is 0 Å². The van der Waals surface area contributed by atoms with Crippen LogP contribution in [-0.2, 0) is 0 Å². The Hall–Kier alpha value is -0.900. The minimum atomic E-state index is 0.353. The zero-order chi connectivity index (χ0) is 8.55. The lowest BCUT2D eigenvalue weighted by molar-refractivity contribution is 0.265. The van der Waals surface area contributed by atoms with Crippen molar-refractivity contribution < 1.29 is 4.42 Å². The number of nitrogens with zero attached hydrogens (tertiary/aromatic N) is 3. The Kier molecular flexibility index (Phi) is 1.84. The van der Waals surface area contributed by atoms with E-state index in [1.165, 1.54) is 6.42 Å². The zero-order valence-corrected chi connectivity index (χ0v) is 7.45. The molecule has 1 fully saturated rings. The molecule has 0 saturated carbocycles. The summed E-state index contributed by atoms with van der Waals surface area (Å²) < 4.78 is 5.37. The third-order valence-electron chi connectivity index (χ3n) is 2.35. The van der Waals surface area contributed by atoms with Gasteiger partial charge in [0.15, 0.2) is 0 Å². The van der Waals surface area contributed by atoms with Crippen LogP contribution in [-0.4, -0.2) is 28.7 Å². The van der Waals surface area contributed by atoms with Gasteiger partial charge in [0, 0.05) is 6.92 Å². The van der Waals surface area contributed by atoms with Crippen molar-refractivity contribution in [1.82, 2.24) is 15.1 Å². The first-order valence-electron chi connectivity index (χ1n) is 4.27. The standard InChI is InChI=1S/C8H13N3O/c1-6-9-10-8(12-6)7-4-3-5-11(7)2/h7H,3-5H2,1-2H3. The maximum absolute atomic E-state index is 5.37. The molecule has 0 amide bonds. The predicted octanol–water partition coefficient (Wildman–Crippen LogP) is 1.14. The summed E-state index contributed by atoms with van der Waals surface area (Å²) in [7, 11) is 2.09. The van der Waals surface area contributed by atoms with Gasteiger partial charge in [-0.25, -0.2) is 0 Å². The summed E-state index contributed by atoms with van der Waals surface area (Å²) in [5, 5.41) is 7.84. The van der Waals surface area contributed by atoms with E-state index in [0.29, 0.717) is 11.9 Å². The van der Waals surface area contributed by atoms with Crippen molar-refractivity contribution in [2.45, 2.75) is 25.8 Å². The summed E-state index contributed by atoms with van der Waals surface area (Å²) in [6.07, 6.45) is 2.36. The molecule has 0 aromatic carbocycles. The van der Waals surface area contributed by atoms with Gasteiger partial charge in [0.05, 0.1) is 6.04 Å². The molecule has 1 atom stereocenters. The van der Waals surface area contributed by atoms with Crippen molar-refractivity contribution in [1.29, 1.82) is 0 Å². The van der Waals surface area contributed by atoms with Gasteiger partial charge in [0.25, 0.3) is 0 Å². The molecule has 0 aliphatic carbocycles. The van der Waals surface area contributed by atoms with Crippen LogP contribution in [0, 0.1) is 6.92 Å². The topological polar surface area (TPSA) is 42.2 Å². The molecule has 2 heterocycles. The van der Waals surface area contributed by atoms with Crippen LogP contribution in [0.4, 0.5) is 0 Å². The smallest absolute Gasteiger partial charge is 0.233 e. The average Bonchev–Trinajstić information content (AvgIpc) is 2.58. The molecule has 0 bridgehead atoms. The van der Waals surface area contributed by atoms with Crippen LogP contribution in [0.1, 0.15) is 30.7 Å². The van der Waals surface area contributed by atoms with Crippen LogP contribution < -0.4 is 0 Å². The molecule has 0 N–H and O–H groups in total. The molecule has 66 valence electrons. The first-order valence-corrected chi connectivity index (χ1v) is 4.27. The minimum Gasteiger partial charge on any atom is -0.424 e. The van der Waals surface area contributed by atoms with Crippen molar-refractivity contribution in [3.8, 4) is 0 Å². The molecule has 1 aliphatic heterocycles. The molecule has 0 spiro atoms. The van der Waals surface area contributed by atoms with Gasteiger partial charge in [-0.05, 0) is 26.4 Å². The number of hydrogen-bond donors (Lipinski definition) is 0. The Labute approximate surface area is 71.6 Å². The fraction of sp³-hybridized carbons (Fsp3) is 0.750. The molecule has 4 nitrogen and oxygen atoms in total. The number of likely N-dealkylation sites (tertiary alicyclic amines) is 1. The van der Waals surface area contributed by atoms with Gasteiger partial charge < -0.3 is 4.42 Å². The molecule has 2 rings (SSSR count).